The van der Waals surface area contributed by atoms with Crippen LogP contribution in [0.5, 0.6) is 0 Å². The molecule has 18 heavy (non-hydrogen) atoms. The summed E-state index contributed by atoms with van der Waals surface area (Å²) < 4.78 is 27.9. The average molecular weight is 250 g/mol. The van der Waals surface area contributed by atoms with Crippen LogP contribution < -0.4 is 0 Å². The second kappa shape index (κ2) is 6.29. The Morgan fingerprint density at radius 1 is 0.889 bits per heavy atom. The summed E-state index contributed by atoms with van der Waals surface area (Å²) in [5.41, 5.74) is 1.50. The van der Waals surface area contributed by atoms with E-state index in [2.05, 4.69) is 26.3 Å². The highest BCUT2D eigenvalue weighted by atomic mass is 19.3. The maximum absolute atomic E-state index is 13.9. The molecule has 0 aromatic carbocycles. The predicted molar refractivity (Wildman–Crippen MR) is 75.8 cm³/mol. The molecule has 0 nitrogen and oxygen atoms in total. The first kappa shape index (κ1) is 16.3. The number of halogens is 2. The van der Waals surface area contributed by atoms with Gasteiger partial charge in [-0.15, -0.1) is 0 Å². The summed E-state index contributed by atoms with van der Waals surface area (Å²) in [7, 11) is 0. The number of allylic oxidation sites excluding steroid dienone is 8. The van der Waals surface area contributed by atoms with Crippen molar-refractivity contribution in [3.63, 3.8) is 0 Å². The molecule has 0 unspecified atom stereocenters. The molecule has 2 heteroatoms. The van der Waals surface area contributed by atoms with Gasteiger partial charge in [0, 0.05) is 11.1 Å². The zero-order valence-electron chi connectivity index (χ0n) is 11.3. The third kappa shape index (κ3) is 4.66. The molecule has 0 aliphatic carbocycles. The molecule has 0 rings (SSSR count). The van der Waals surface area contributed by atoms with E-state index in [9.17, 15) is 8.78 Å². The fraction of sp³-hybridized carbons (Fsp3) is 0.250. The first-order chi connectivity index (χ1) is 8.09. The molecule has 0 atom stereocenters. The van der Waals surface area contributed by atoms with Crippen molar-refractivity contribution in [3.05, 3.63) is 72.4 Å². The summed E-state index contributed by atoms with van der Waals surface area (Å²) >= 11 is 0. The third-order valence-corrected chi connectivity index (χ3v) is 2.44. The van der Waals surface area contributed by atoms with Gasteiger partial charge in [0.1, 0.15) is 0 Å². The van der Waals surface area contributed by atoms with Crippen LogP contribution >= 0.6 is 0 Å². The molecule has 0 amide bonds. The van der Waals surface area contributed by atoms with Gasteiger partial charge in [-0.2, -0.15) is 8.78 Å². The molecule has 0 aliphatic rings. The van der Waals surface area contributed by atoms with Crippen molar-refractivity contribution in [2.24, 2.45) is 0 Å². The average Bonchev–Trinajstić information content (AvgIpc) is 2.24. The van der Waals surface area contributed by atoms with Crippen LogP contribution in [-0.2, 0) is 0 Å². The van der Waals surface area contributed by atoms with E-state index in [1.54, 1.807) is 20.8 Å². The van der Waals surface area contributed by atoms with E-state index in [-0.39, 0.29) is 11.1 Å². The quantitative estimate of drug-likeness (QED) is 0.554. The molecule has 0 aromatic rings. The van der Waals surface area contributed by atoms with E-state index in [1.165, 1.54) is 18.2 Å². The Hall–Kier alpha value is -1.70. The van der Waals surface area contributed by atoms with Crippen molar-refractivity contribution in [3.8, 4) is 0 Å². The summed E-state index contributed by atoms with van der Waals surface area (Å²) in [6.07, 6.45) is 4.10. The van der Waals surface area contributed by atoms with Gasteiger partial charge in [0.05, 0.1) is 0 Å². The minimum atomic E-state index is -3.16. The number of rotatable bonds is 6. The van der Waals surface area contributed by atoms with E-state index in [0.717, 1.165) is 5.57 Å². The molecular weight excluding hydrogens is 230 g/mol. The zero-order chi connectivity index (χ0) is 14.5. The van der Waals surface area contributed by atoms with E-state index in [0.29, 0.717) is 11.1 Å². The van der Waals surface area contributed by atoms with Gasteiger partial charge in [0.25, 0.3) is 5.92 Å². The number of hydrogen-bond donors (Lipinski definition) is 0. The Labute approximate surface area is 108 Å². The van der Waals surface area contributed by atoms with Gasteiger partial charge in [-0.25, -0.2) is 0 Å². The molecule has 98 valence electrons. The van der Waals surface area contributed by atoms with Crippen LogP contribution in [0.15, 0.2) is 72.4 Å². The Morgan fingerprint density at radius 2 is 1.39 bits per heavy atom. The van der Waals surface area contributed by atoms with Gasteiger partial charge in [0.15, 0.2) is 0 Å². The summed E-state index contributed by atoms with van der Waals surface area (Å²) in [5, 5.41) is 0. The normalized spacial score (nSPS) is 12.6. The monoisotopic (exact) mass is 250 g/mol. The minimum Gasteiger partial charge on any atom is -0.196 e. The fourth-order valence-corrected chi connectivity index (χ4v) is 1.03. The Kier molecular flexibility index (Phi) is 5.70. The van der Waals surface area contributed by atoms with Crippen molar-refractivity contribution in [2.45, 2.75) is 26.7 Å². The maximum Gasteiger partial charge on any atom is 0.297 e. The van der Waals surface area contributed by atoms with Crippen LogP contribution in [0.2, 0.25) is 0 Å². The van der Waals surface area contributed by atoms with Crippen LogP contribution in [0, 0.1) is 0 Å². The molecule has 0 N–H and O–H groups in total. The molecule has 0 saturated heterocycles. The van der Waals surface area contributed by atoms with Gasteiger partial charge in [-0.3, -0.25) is 0 Å². The largest absolute Gasteiger partial charge is 0.297 e. The second-order valence-electron chi connectivity index (χ2n) is 4.41. The predicted octanol–water partition coefficient (Wildman–Crippen LogP) is 5.39. The van der Waals surface area contributed by atoms with Crippen molar-refractivity contribution in [1.29, 1.82) is 0 Å². The van der Waals surface area contributed by atoms with Crippen LogP contribution in [0.25, 0.3) is 0 Å². The van der Waals surface area contributed by atoms with Gasteiger partial charge < -0.3 is 0 Å². The minimum absolute atomic E-state index is 0.292. The highest BCUT2D eigenvalue weighted by Gasteiger charge is 2.33. The summed E-state index contributed by atoms with van der Waals surface area (Å²) in [4.78, 5) is 0. The van der Waals surface area contributed by atoms with Crippen molar-refractivity contribution in [1.82, 2.24) is 0 Å². The van der Waals surface area contributed by atoms with E-state index < -0.39 is 5.92 Å². The molecule has 0 saturated carbocycles. The van der Waals surface area contributed by atoms with Crippen molar-refractivity contribution < 1.29 is 8.78 Å². The van der Waals surface area contributed by atoms with E-state index in [1.807, 2.05) is 0 Å². The van der Waals surface area contributed by atoms with Gasteiger partial charge in [0.2, 0.25) is 0 Å². The highest BCUT2D eigenvalue weighted by molar-refractivity contribution is 5.43. The molecule has 0 aliphatic heterocycles. The zero-order valence-corrected chi connectivity index (χ0v) is 11.3. The first-order valence-electron chi connectivity index (χ1n) is 5.53. The summed E-state index contributed by atoms with van der Waals surface area (Å²) in [6, 6.07) is 0. The van der Waals surface area contributed by atoms with Gasteiger partial charge in [-0.05, 0) is 26.3 Å². The lowest BCUT2D eigenvalue weighted by Gasteiger charge is -2.18. The topological polar surface area (TPSA) is 0 Å². The smallest absolute Gasteiger partial charge is 0.196 e. The first-order valence-corrected chi connectivity index (χ1v) is 5.53. The van der Waals surface area contributed by atoms with Crippen LogP contribution in [0.4, 0.5) is 8.78 Å². The highest BCUT2D eigenvalue weighted by Crippen LogP contribution is 2.33. The van der Waals surface area contributed by atoms with Crippen LogP contribution in [0.3, 0.4) is 0 Å². The lowest BCUT2D eigenvalue weighted by molar-refractivity contribution is 0.0921. The molecular formula is C16H20F2. The molecule has 0 bridgehead atoms. The summed E-state index contributed by atoms with van der Waals surface area (Å²) in [5.74, 6) is -3.16. The molecule has 0 aromatic heterocycles. The fourth-order valence-electron chi connectivity index (χ4n) is 1.03. The van der Waals surface area contributed by atoms with Gasteiger partial charge in [-0.1, -0.05) is 55.7 Å². The Bertz CT molecular complexity index is 446. The third-order valence-electron chi connectivity index (χ3n) is 2.44. The van der Waals surface area contributed by atoms with Crippen molar-refractivity contribution >= 4 is 0 Å². The lowest BCUT2D eigenvalue weighted by atomic mass is 9.98. The SMILES string of the molecule is C=C(C)/C=C\C(=C)C(F)(F)C(=C)/C=C(/C)C(=C)C. The maximum atomic E-state index is 13.9. The number of hydrogen-bond acceptors (Lipinski definition) is 0. The Morgan fingerprint density at radius 3 is 1.78 bits per heavy atom. The van der Waals surface area contributed by atoms with Crippen LogP contribution in [0.1, 0.15) is 20.8 Å². The van der Waals surface area contributed by atoms with Gasteiger partial charge >= 0.3 is 0 Å². The second-order valence-corrected chi connectivity index (χ2v) is 4.41. The molecule has 0 spiro atoms. The molecule has 0 fully saturated rings. The van der Waals surface area contributed by atoms with E-state index in [4.69, 9.17) is 0 Å². The Balaban J connectivity index is 5.10. The molecule has 0 heterocycles. The standard InChI is InChI=1S/C16H20F2/c1-11(2)8-9-14(6)16(17,18)15(7)10-13(5)12(3)4/h8-10H,1,3,6-7H2,2,4-5H3/b9-8-,13-10-. The van der Waals surface area contributed by atoms with E-state index >= 15 is 0 Å². The van der Waals surface area contributed by atoms with Crippen LogP contribution in [-0.4, -0.2) is 5.92 Å². The molecule has 0 radical (unpaired) electrons. The summed E-state index contributed by atoms with van der Waals surface area (Å²) in [6.45, 7) is 19.3. The lowest BCUT2D eigenvalue weighted by Crippen LogP contribution is -2.19. The van der Waals surface area contributed by atoms with Crippen molar-refractivity contribution in [2.75, 3.05) is 0 Å². The number of alkyl halides is 2.